The van der Waals surface area contributed by atoms with Gasteiger partial charge in [0.1, 0.15) is 0 Å². The molecule has 0 N–H and O–H groups in total. The second-order valence-electron chi connectivity index (χ2n) is 9.37. The Morgan fingerprint density at radius 2 is 1.58 bits per heavy atom. The van der Waals surface area contributed by atoms with E-state index in [4.69, 9.17) is 4.98 Å². The van der Waals surface area contributed by atoms with E-state index in [1.807, 2.05) is 27.1 Å². The van der Waals surface area contributed by atoms with Crippen LogP contribution in [0.15, 0.2) is 71.6 Å². The van der Waals surface area contributed by atoms with Crippen molar-refractivity contribution in [2.45, 2.75) is 25.2 Å². The van der Waals surface area contributed by atoms with Crippen LogP contribution in [0.4, 0.5) is 10.8 Å². The van der Waals surface area contributed by atoms with E-state index in [2.05, 4.69) is 24.0 Å². The summed E-state index contributed by atoms with van der Waals surface area (Å²) in [7, 11) is 1.76. The molecule has 0 saturated heterocycles. The molecule has 4 aromatic rings. The van der Waals surface area contributed by atoms with Crippen LogP contribution in [0.1, 0.15) is 27.9 Å². The standard InChI is InChI=1S/C28H32N4O3S2.ClH/c1-20-18-21(2)26-25(19-20)36-28(29-26)32(17-9-16-30(3)4)27(33)22-12-14-24(15-13-22)37(34,35)31(5)23-10-7-6-8-11-23;/h6-8,10-15,18-19H,9,16-17H2,1-5H3;1H. The fraction of sp³-hybridized carbons (Fsp3) is 0.286. The van der Waals surface area contributed by atoms with Crippen LogP contribution < -0.4 is 9.21 Å². The van der Waals surface area contributed by atoms with Crippen molar-refractivity contribution in [3.05, 3.63) is 83.4 Å². The number of sulfonamides is 1. The molecule has 0 saturated carbocycles. The van der Waals surface area contributed by atoms with E-state index in [0.29, 0.717) is 22.9 Å². The molecule has 0 aliphatic heterocycles. The molecule has 0 radical (unpaired) electrons. The summed E-state index contributed by atoms with van der Waals surface area (Å²) in [6.07, 6.45) is 0.779. The Hall–Kier alpha value is -2.98. The number of benzene rings is 3. The van der Waals surface area contributed by atoms with Crippen LogP contribution in [0.2, 0.25) is 0 Å². The lowest BCUT2D eigenvalue weighted by atomic mass is 10.1. The number of carbonyl (C=O) groups excluding carboxylic acids is 1. The molecule has 7 nitrogen and oxygen atoms in total. The summed E-state index contributed by atoms with van der Waals surface area (Å²) < 4.78 is 28.6. The number of halogens is 1. The topological polar surface area (TPSA) is 73.8 Å². The molecule has 38 heavy (non-hydrogen) atoms. The maximum Gasteiger partial charge on any atom is 0.264 e. The molecule has 0 aliphatic rings. The molecule has 0 fully saturated rings. The minimum Gasteiger partial charge on any atom is -0.309 e. The van der Waals surface area contributed by atoms with Crippen LogP contribution in [0.3, 0.4) is 0 Å². The number of amides is 1. The summed E-state index contributed by atoms with van der Waals surface area (Å²) in [5, 5.41) is 0.646. The number of hydrogen-bond donors (Lipinski definition) is 0. The molecule has 0 unspecified atom stereocenters. The van der Waals surface area contributed by atoms with Crippen molar-refractivity contribution >= 4 is 60.7 Å². The Morgan fingerprint density at radius 1 is 0.921 bits per heavy atom. The Morgan fingerprint density at radius 3 is 2.21 bits per heavy atom. The first kappa shape index (κ1) is 29.6. The fourth-order valence-electron chi connectivity index (χ4n) is 4.16. The lowest BCUT2D eigenvalue weighted by Gasteiger charge is -2.22. The van der Waals surface area contributed by atoms with Crippen LogP contribution >= 0.6 is 23.7 Å². The zero-order valence-electron chi connectivity index (χ0n) is 22.2. The molecule has 1 heterocycles. The fourth-order valence-corrected chi connectivity index (χ4v) is 6.53. The zero-order chi connectivity index (χ0) is 26.7. The summed E-state index contributed by atoms with van der Waals surface area (Å²) in [5.74, 6) is -0.201. The van der Waals surface area contributed by atoms with Gasteiger partial charge in [0.2, 0.25) is 0 Å². The van der Waals surface area contributed by atoms with Crippen molar-refractivity contribution < 1.29 is 13.2 Å². The van der Waals surface area contributed by atoms with Gasteiger partial charge in [-0.25, -0.2) is 13.4 Å². The summed E-state index contributed by atoms with van der Waals surface area (Å²) >= 11 is 1.50. The van der Waals surface area contributed by atoms with Crippen LogP contribution in [0.25, 0.3) is 10.2 Å². The SMILES string of the molecule is Cc1cc(C)c2nc(N(CCCN(C)C)C(=O)c3ccc(S(=O)(=O)N(C)c4ccccc4)cc3)sc2c1.Cl. The zero-order valence-corrected chi connectivity index (χ0v) is 24.7. The molecule has 0 aliphatic carbocycles. The largest absolute Gasteiger partial charge is 0.309 e. The average molecular weight is 573 g/mol. The summed E-state index contributed by atoms with van der Waals surface area (Å²) in [6, 6.07) is 19.2. The molecule has 0 bridgehead atoms. The number of para-hydroxylation sites is 1. The van der Waals surface area contributed by atoms with Gasteiger partial charge in [-0.3, -0.25) is 14.0 Å². The lowest BCUT2D eigenvalue weighted by molar-refractivity contribution is 0.0986. The smallest absolute Gasteiger partial charge is 0.264 e. The normalized spacial score (nSPS) is 11.4. The van der Waals surface area contributed by atoms with Gasteiger partial charge in [-0.15, -0.1) is 12.4 Å². The van der Waals surface area contributed by atoms with E-state index < -0.39 is 10.0 Å². The van der Waals surface area contributed by atoms with Gasteiger partial charge < -0.3 is 4.90 Å². The minimum atomic E-state index is -3.76. The molecule has 202 valence electrons. The van der Waals surface area contributed by atoms with Gasteiger partial charge in [0.15, 0.2) is 5.13 Å². The minimum absolute atomic E-state index is 0. The summed E-state index contributed by atoms with van der Waals surface area (Å²) in [6.45, 7) is 5.42. The number of thiazole rings is 1. The van der Waals surface area contributed by atoms with Gasteiger partial charge in [-0.2, -0.15) is 0 Å². The van der Waals surface area contributed by atoms with Crippen molar-refractivity contribution in [3.63, 3.8) is 0 Å². The predicted octanol–water partition coefficient (Wildman–Crippen LogP) is 5.76. The lowest BCUT2D eigenvalue weighted by Crippen LogP contribution is -2.33. The van der Waals surface area contributed by atoms with Crippen LogP contribution in [0, 0.1) is 13.8 Å². The Labute approximate surface area is 235 Å². The van der Waals surface area contributed by atoms with E-state index in [9.17, 15) is 13.2 Å². The number of rotatable bonds is 9. The van der Waals surface area contributed by atoms with E-state index in [1.165, 1.54) is 34.8 Å². The molecular weight excluding hydrogens is 540 g/mol. The Kier molecular flexibility index (Phi) is 9.54. The van der Waals surface area contributed by atoms with Crippen molar-refractivity contribution in [2.75, 3.05) is 43.4 Å². The number of anilines is 2. The Balaban J connectivity index is 0.00000400. The molecular formula is C28H33ClN4O3S2. The van der Waals surface area contributed by atoms with Crippen molar-refractivity contribution in [2.24, 2.45) is 0 Å². The highest BCUT2D eigenvalue weighted by molar-refractivity contribution is 7.92. The van der Waals surface area contributed by atoms with E-state index in [-0.39, 0.29) is 23.2 Å². The maximum absolute atomic E-state index is 13.7. The number of aromatic nitrogens is 1. The van der Waals surface area contributed by atoms with Crippen molar-refractivity contribution in [3.8, 4) is 0 Å². The number of carbonyl (C=O) groups is 1. The maximum atomic E-state index is 13.7. The third-order valence-electron chi connectivity index (χ3n) is 6.16. The number of fused-ring (bicyclic) bond motifs is 1. The first-order chi connectivity index (χ1) is 17.6. The molecule has 0 spiro atoms. The molecule has 0 atom stereocenters. The molecule has 1 amide bonds. The van der Waals surface area contributed by atoms with E-state index in [1.54, 1.807) is 41.3 Å². The predicted molar refractivity (Wildman–Crippen MR) is 160 cm³/mol. The molecule has 3 aromatic carbocycles. The van der Waals surface area contributed by atoms with Gasteiger partial charge in [-0.05, 0) is 94.5 Å². The molecule has 1 aromatic heterocycles. The first-order valence-electron chi connectivity index (χ1n) is 12.1. The summed E-state index contributed by atoms with van der Waals surface area (Å²) in [5.41, 5.74) is 4.12. The summed E-state index contributed by atoms with van der Waals surface area (Å²) in [4.78, 5) is 22.4. The highest BCUT2D eigenvalue weighted by Gasteiger charge is 2.24. The average Bonchev–Trinajstić information content (AvgIpc) is 3.30. The van der Waals surface area contributed by atoms with Gasteiger partial charge in [0.25, 0.3) is 15.9 Å². The van der Waals surface area contributed by atoms with Crippen LogP contribution in [-0.2, 0) is 10.0 Å². The molecule has 10 heteroatoms. The highest BCUT2D eigenvalue weighted by Crippen LogP contribution is 2.33. The van der Waals surface area contributed by atoms with Crippen molar-refractivity contribution in [1.82, 2.24) is 9.88 Å². The number of aryl methyl sites for hydroxylation is 2. The van der Waals surface area contributed by atoms with Gasteiger partial charge in [-0.1, -0.05) is 35.6 Å². The monoisotopic (exact) mass is 572 g/mol. The highest BCUT2D eigenvalue weighted by atomic mass is 35.5. The van der Waals surface area contributed by atoms with E-state index >= 15 is 0 Å². The third kappa shape index (κ3) is 6.35. The quantitative estimate of drug-likeness (QED) is 0.255. The van der Waals surface area contributed by atoms with Gasteiger partial charge >= 0.3 is 0 Å². The Bertz CT molecular complexity index is 1500. The van der Waals surface area contributed by atoms with Crippen molar-refractivity contribution in [1.29, 1.82) is 0 Å². The number of hydrogen-bond acceptors (Lipinski definition) is 6. The number of nitrogens with zero attached hydrogens (tertiary/aromatic N) is 4. The third-order valence-corrected chi connectivity index (χ3v) is 8.99. The molecule has 4 rings (SSSR count). The van der Waals surface area contributed by atoms with Gasteiger partial charge in [0, 0.05) is 19.2 Å². The second kappa shape index (κ2) is 12.3. The van der Waals surface area contributed by atoms with Crippen LogP contribution in [0.5, 0.6) is 0 Å². The van der Waals surface area contributed by atoms with Gasteiger partial charge in [0.05, 0.1) is 20.8 Å². The van der Waals surface area contributed by atoms with E-state index in [0.717, 1.165) is 34.3 Å². The van der Waals surface area contributed by atoms with Crippen LogP contribution in [-0.4, -0.2) is 58.4 Å². The first-order valence-corrected chi connectivity index (χ1v) is 14.3. The second-order valence-corrected chi connectivity index (χ2v) is 12.3.